The maximum atomic E-state index is 9.49. The van der Waals surface area contributed by atoms with Gasteiger partial charge >= 0.3 is 0 Å². The second-order valence-corrected chi connectivity index (χ2v) is 5.74. The summed E-state index contributed by atoms with van der Waals surface area (Å²) in [6.07, 6.45) is 6.43. The molecule has 0 spiro atoms. The van der Waals surface area contributed by atoms with E-state index < -0.39 is 0 Å². The molecule has 1 heteroatoms. The molecule has 0 atom stereocenters. The number of phenolic OH excluding ortho intramolecular Hbond substituents is 1. The second-order valence-electron chi connectivity index (χ2n) is 5.74. The van der Waals surface area contributed by atoms with Crippen LogP contribution in [0.3, 0.4) is 0 Å². The second kappa shape index (κ2) is 6.23. The van der Waals surface area contributed by atoms with Crippen molar-refractivity contribution in [3.05, 3.63) is 77.4 Å². The van der Waals surface area contributed by atoms with E-state index in [2.05, 4.69) is 50.3 Å². The first-order chi connectivity index (χ1) is 10.7. The Morgan fingerprint density at radius 2 is 1.23 bits per heavy atom. The Kier molecular flexibility index (Phi) is 4.15. The zero-order chi connectivity index (χ0) is 15.5. The Labute approximate surface area is 132 Å². The van der Waals surface area contributed by atoms with Gasteiger partial charge in [0.1, 0.15) is 5.75 Å². The van der Waals surface area contributed by atoms with Crippen molar-refractivity contribution in [2.24, 2.45) is 0 Å². The molecule has 0 aliphatic heterocycles. The minimum absolute atomic E-state index is 0.318. The summed E-state index contributed by atoms with van der Waals surface area (Å²) in [5.41, 5.74) is 6.63. The molecule has 112 valence electrons. The van der Waals surface area contributed by atoms with Gasteiger partial charge in [-0.25, -0.2) is 0 Å². The molecule has 1 aliphatic carbocycles. The quantitative estimate of drug-likeness (QED) is 0.547. The maximum Gasteiger partial charge on any atom is 0.115 e. The smallest absolute Gasteiger partial charge is 0.115 e. The van der Waals surface area contributed by atoms with Gasteiger partial charge in [0, 0.05) is 5.92 Å². The number of aromatic hydroxyl groups is 1. The summed E-state index contributed by atoms with van der Waals surface area (Å²) in [6.45, 7) is 4.40. The lowest BCUT2D eigenvalue weighted by Crippen LogP contribution is -1.92. The van der Waals surface area contributed by atoms with Crippen molar-refractivity contribution in [1.29, 1.82) is 0 Å². The maximum absolute atomic E-state index is 9.49. The number of allylic oxidation sites excluding steroid dienone is 4. The van der Waals surface area contributed by atoms with E-state index in [4.69, 9.17) is 0 Å². The van der Waals surface area contributed by atoms with Crippen molar-refractivity contribution < 1.29 is 5.11 Å². The van der Waals surface area contributed by atoms with E-state index >= 15 is 0 Å². The molecule has 3 rings (SSSR count). The normalized spacial score (nSPS) is 14.8. The van der Waals surface area contributed by atoms with E-state index in [0.29, 0.717) is 11.7 Å². The topological polar surface area (TPSA) is 20.2 Å². The molecule has 0 saturated heterocycles. The number of hydrogen-bond donors (Lipinski definition) is 1. The molecule has 0 amide bonds. The highest BCUT2D eigenvalue weighted by Crippen LogP contribution is 2.34. The first kappa shape index (κ1) is 14.6. The summed E-state index contributed by atoms with van der Waals surface area (Å²) in [4.78, 5) is 0. The molecule has 0 saturated carbocycles. The first-order valence-electron chi connectivity index (χ1n) is 8.03. The van der Waals surface area contributed by atoms with Crippen LogP contribution in [-0.2, 0) is 0 Å². The first-order valence-corrected chi connectivity index (χ1v) is 8.03. The van der Waals surface area contributed by atoms with Gasteiger partial charge in [-0.1, -0.05) is 62.4 Å². The van der Waals surface area contributed by atoms with E-state index in [0.717, 1.165) is 12.8 Å². The Hall–Kier alpha value is -2.28. The zero-order valence-corrected chi connectivity index (χ0v) is 13.2. The molecule has 22 heavy (non-hydrogen) atoms. The van der Waals surface area contributed by atoms with Crippen molar-refractivity contribution >= 4 is 11.1 Å². The fourth-order valence-electron chi connectivity index (χ4n) is 3.03. The molecule has 0 radical (unpaired) electrons. The highest BCUT2D eigenvalue weighted by molar-refractivity contribution is 5.90. The van der Waals surface area contributed by atoms with Gasteiger partial charge in [-0.2, -0.15) is 0 Å². The lowest BCUT2D eigenvalue weighted by molar-refractivity contribution is 0.475. The molecule has 0 aromatic heterocycles. The highest BCUT2D eigenvalue weighted by Gasteiger charge is 2.14. The predicted octanol–water partition coefficient (Wildman–Crippen LogP) is 5.78. The molecular weight excluding hydrogens is 268 g/mol. The third-order valence-corrected chi connectivity index (χ3v) is 4.32. The van der Waals surface area contributed by atoms with E-state index in [1.807, 2.05) is 12.1 Å². The molecular formula is C21H22O. The van der Waals surface area contributed by atoms with Gasteiger partial charge in [0.2, 0.25) is 0 Å². The fraction of sp³-hybridized carbons (Fsp3) is 0.238. The van der Waals surface area contributed by atoms with E-state index in [1.165, 1.54) is 27.8 Å². The molecule has 1 nitrogen and oxygen atoms in total. The van der Waals surface area contributed by atoms with Crippen LogP contribution in [0.2, 0.25) is 0 Å². The number of phenols is 1. The SMILES string of the molecule is CC/C(=C(/CC)c1ccc(C2C=C2)cc1)c1ccc(O)cc1. The summed E-state index contributed by atoms with van der Waals surface area (Å²) in [6, 6.07) is 16.5. The number of hydrogen-bond acceptors (Lipinski definition) is 1. The monoisotopic (exact) mass is 290 g/mol. The van der Waals surface area contributed by atoms with Crippen LogP contribution in [0.4, 0.5) is 0 Å². The van der Waals surface area contributed by atoms with Crippen LogP contribution in [0.15, 0.2) is 60.7 Å². The van der Waals surface area contributed by atoms with Crippen LogP contribution in [-0.4, -0.2) is 5.11 Å². The summed E-state index contributed by atoms with van der Waals surface area (Å²) in [5, 5.41) is 9.49. The van der Waals surface area contributed by atoms with E-state index in [9.17, 15) is 5.11 Å². The molecule has 1 N–H and O–H groups in total. The average Bonchev–Trinajstić information content (AvgIpc) is 3.39. The van der Waals surface area contributed by atoms with Gasteiger partial charge in [-0.15, -0.1) is 0 Å². The fourth-order valence-corrected chi connectivity index (χ4v) is 3.03. The minimum atomic E-state index is 0.318. The molecule has 2 aromatic rings. The van der Waals surface area contributed by atoms with Crippen LogP contribution < -0.4 is 0 Å². The van der Waals surface area contributed by atoms with Crippen molar-refractivity contribution in [3.8, 4) is 5.75 Å². The molecule has 1 aliphatic rings. The molecule has 0 heterocycles. The van der Waals surface area contributed by atoms with Crippen molar-refractivity contribution in [2.75, 3.05) is 0 Å². The van der Waals surface area contributed by atoms with Crippen LogP contribution >= 0.6 is 0 Å². The molecule has 0 bridgehead atoms. The van der Waals surface area contributed by atoms with E-state index in [1.54, 1.807) is 12.1 Å². The van der Waals surface area contributed by atoms with Gasteiger partial charge in [0.25, 0.3) is 0 Å². The average molecular weight is 290 g/mol. The summed E-state index contributed by atoms with van der Waals surface area (Å²) >= 11 is 0. The van der Waals surface area contributed by atoms with Crippen LogP contribution in [0.1, 0.15) is 49.3 Å². The van der Waals surface area contributed by atoms with Crippen molar-refractivity contribution in [1.82, 2.24) is 0 Å². The summed E-state index contributed by atoms with van der Waals surface area (Å²) in [5.74, 6) is 0.879. The Morgan fingerprint density at radius 1 is 0.773 bits per heavy atom. The lowest BCUT2D eigenvalue weighted by atomic mass is 9.90. The Balaban J connectivity index is 1.99. The minimum Gasteiger partial charge on any atom is -0.508 e. The van der Waals surface area contributed by atoms with Gasteiger partial charge in [-0.3, -0.25) is 0 Å². The van der Waals surface area contributed by atoms with Crippen LogP contribution in [0, 0.1) is 0 Å². The van der Waals surface area contributed by atoms with Gasteiger partial charge < -0.3 is 5.11 Å². The van der Waals surface area contributed by atoms with Gasteiger partial charge in [0.15, 0.2) is 0 Å². The van der Waals surface area contributed by atoms with Gasteiger partial charge in [0.05, 0.1) is 0 Å². The van der Waals surface area contributed by atoms with Crippen LogP contribution in [0.25, 0.3) is 11.1 Å². The Bertz CT molecular complexity index is 697. The lowest BCUT2D eigenvalue weighted by Gasteiger charge is -2.15. The van der Waals surface area contributed by atoms with Gasteiger partial charge in [-0.05, 0) is 52.8 Å². The molecule has 2 aromatic carbocycles. The molecule has 0 unspecified atom stereocenters. The summed E-state index contributed by atoms with van der Waals surface area (Å²) in [7, 11) is 0. The summed E-state index contributed by atoms with van der Waals surface area (Å²) < 4.78 is 0. The standard InChI is InChI=1S/C21H22O/c1-3-20(17-9-7-16(8-10-17)15-5-6-15)21(4-2)18-11-13-19(22)14-12-18/h5-15,22H,3-4H2,1-2H3/b21-20+. The Morgan fingerprint density at radius 3 is 1.64 bits per heavy atom. The van der Waals surface area contributed by atoms with Crippen molar-refractivity contribution in [3.63, 3.8) is 0 Å². The van der Waals surface area contributed by atoms with Crippen LogP contribution in [0.5, 0.6) is 5.75 Å². The highest BCUT2D eigenvalue weighted by atomic mass is 16.3. The third kappa shape index (κ3) is 2.99. The number of rotatable bonds is 5. The third-order valence-electron chi connectivity index (χ3n) is 4.32. The van der Waals surface area contributed by atoms with E-state index in [-0.39, 0.29) is 0 Å². The largest absolute Gasteiger partial charge is 0.508 e. The predicted molar refractivity (Wildman–Crippen MR) is 93.8 cm³/mol. The molecule has 0 fully saturated rings. The number of benzene rings is 2. The van der Waals surface area contributed by atoms with Crippen molar-refractivity contribution in [2.45, 2.75) is 32.6 Å². The zero-order valence-electron chi connectivity index (χ0n) is 13.2.